The lowest BCUT2D eigenvalue weighted by molar-refractivity contribution is -0.121. The van der Waals surface area contributed by atoms with Crippen molar-refractivity contribution >= 4 is 5.91 Å². The van der Waals surface area contributed by atoms with Gasteiger partial charge in [0.15, 0.2) is 0 Å². The Morgan fingerprint density at radius 1 is 0.966 bits per heavy atom. The van der Waals surface area contributed by atoms with Crippen LogP contribution in [-0.4, -0.2) is 15.9 Å². The Morgan fingerprint density at radius 2 is 1.66 bits per heavy atom. The maximum Gasteiger partial charge on any atom is 0.226 e. The summed E-state index contributed by atoms with van der Waals surface area (Å²) in [5.41, 5.74) is 3.28. The van der Waals surface area contributed by atoms with Crippen LogP contribution in [0.2, 0.25) is 0 Å². The van der Waals surface area contributed by atoms with Crippen LogP contribution < -0.4 is 5.32 Å². The van der Waals surface area contributed by atoms with E-state index in [0.717, 1.165) is 16.8 Å². The standard InChI is InChI=1S/C24H21N3O2/c1-17-21(26-24(29-17)19-12-6-3-7-13-19)16-22(28)27-23(18-10-4-2-5-11-18)20-14-8-9-15-25-20/h2-15,23H,16H2,1H3,(H,27,28). The van der Waals surface area contributed by atoms with Crippen LogP contribution in [0.5, 0.6) is 0 Å². The number of aromatic nitrogens is 2. The molecule has 1 unspecified atom stereocenters. The summed E-state index contributed by atoms with van der Waals surface area (Å²) >= 11 is 0. The normalized spacial score (nSPS) is 11.8. The maximum absolute atomic E-state index is 12.8. The van der Waals surface area contributed by atoms with Crippen molar-refractivity contribution in [1.82, 2.24) is 15.3 Å². The van der Waals surface area contributed by atoms with Crippen LogP contribution in [0.4, 0.5) is 0 Å². The minimum Gasteiger partial charge on any atom is -0.441 e. The van der Waals surface area contributed by atoms with Crippen LogP contribution >= 0.6 is 0 Å². The number of hydrogen-bond donors (Lipinski definition) is 1. The minimum atomic E-state index is -0.328. The highest BCUT2D eigenvalue weighted by Crippen LogP contribution is 2.23. The third-order valence-electron chi connectivity index (χ3n) is 4.66. The van der Waals surface area contributed by atoms with Gasteiger partial charge in [-0.1, -0.05) is 54.6 Å². The second-order valence-corrected chi connectivity index (χ2v) is 6.73. The van der Waals surface area contributed by atoms with Gasteiger partial charge in [-0.05, 0) is 36.8 Å². The maximum atomic E-state index is 12.8. The van der Waals surface area contributed by atoms with Gasteiger partial charge in [0.1, 0.15) is 5.76 Å². The Morgan fingerprint density at radius 3 is 2.34 bits per heavy atom. The lowest BCUT2D eigenvalue weighted by Gasteiger charge is -2.18. The molecular formula is C24H21N3O2. The number of oxazole rings is 1. The number of amides is 1. The van der Waals surface area contributed by atoms with Crippen LogP contribution in [0.15, 0.2) is 89.5 Å². The Labute approximate surface area is 169 Å². The monoisotopic (exact) mass is 383 g/mol. The Kier molecular flexibility index (Phi) is 5.47. The van der Waals surface area contributed by atoms with Gasteiger partial charge in [-0.3, -0.25) is 9.78 Å². The van der Waals surface area contributed by atoms with E-state index in [1.165, 1.54) is 0 Å². The lowest BCUT2D eigenvalue weighted by atomic mass is 10.0. The average Bonchev–Trinajstić information content (AvgIpc) is 3.14. The number of carbonyl (C=O) groups is 1. The molecule has 0 aliphatic carbocycles. The summed E-state index contributed by atoms with van der Waals surface area (Å²) < 4.78 is 5.77. The molecular weight excluding hydrogens is 362 g/mol. The van der Waals surface area contributed by atoms with Gasteiger partial charge in [-0.15, -0.1) is 0 Å². The van der Waals surface area contributed by atoms with Gasteiger partial charge in [0.25, 0.3) is 0 Å². The average molecular weight is 383 g/mol. The van der Waals surface area contributed by atoms with Gasteiger partial charge >= 0.3 is 0 Å². The van der Waals surface area contributed by atoms with Gasteiger partial charge in [0, 0.05) is 11.8 Å². The first-order chi connectivity index (χ1) is 14.2. The predicted molar refractivity (Wildman–Crippen MR) is 111 cm³/mol. The van der Waals surface area contributed by atoms with E-state index in [1.807, 2.05) is 85.8 Å². The fraction of sp³-hybridized carbons (Fsp3) is 0.125. The van der Waals surface area contributed by atoms with Crippen LogP contribution in [-0.2, 0) is 11.2 Å². The third kappa shape index (κ3) is 4.41. The zero-order valence-corrected chi connectivity index (χ0v) is 16.1. The third-order valence-corrected chi connectivity index (χ3v) is 4.66. The molecule has 0 spiro atoms. The van der Waals surface area contributed by atoms with Crippen molar-refractivity contribution in [3.8, 4) is 11.5 Å². The fourth-order valence-electron chi connectivity index (χ4n) is 3.18. The number of nitrogens with zero attached hydrogens (tertiary/aromatic N) is 2. The molecule has 0 radical (unpaired) electrons. The van der Waals surface area contributed by atoms with Crippen molar-refractivity contribution in [3.05, 3.63) is 108 Å². The molecule has 4 aromatic rings. The molecule has 5 heteroatoms. The number of rotatable bonds is 6. The number of pyridine rings is 1. The van der Waals surface area contributed by atoms with E-state index >= 15 is 0 Å². The number of hydrogen-bond acceptors (Lipinski definition) is 4. The molecule has 29 heavy (non-hydrogen) atoms. The molecule has 4 rings (SSSR count). The summed E-state index contributed by atoms with van der Waals surface area (Å²) in [6.07, 6.45) is 1.86. The molecule has 0 fully saturated rings. The molecule has 0 aliphatic heterocycles. The quantitative estimate of drug-likeness (QED) is 0.533. The number of nitrogens with one attached hydrogen (secondary N) is 1. The Bertz CT molecular complexity index is 1040. The smallest absolute Gasteiger partial charge is 0.226 e. The van der Waals surface area contributed by atoms with E-state index in [1.54, 1.807) is 6.20 Å². The summed E-state index contributed by atoms with van der Waals surface area (Å²) in [5, 5.41) is 3.09. The highest BCUT2D eigenvalue weighted by molar-refractivity contribution is 5.79. The minimum absolute atomic E-state index is 0.137. The Balaban J connectivity index is 1.54. The van der Waals surface area contributed by atoms with E-state index in [9.17, 15) is 4.79 Å². The number of benzene rings is 2. The lowest BCUT2D eigenvalue weighted by Crippen LogP contribution is -2.31. The first kappa shape index (κ1) is 18.6. The van der Waals surface area contributed by atoms with Crippen LogP contribution in [0.25, 0.3) is 11.5 Å². The predicted octanol–water partition coefficient (Wildman–Crippen LogP) is 4.49. The second kappa shape index (κ2) is 8.52. The highest BCUT2D eigenvalue weighted by atomic mass is 16.4. The van der Waals surface area contributed by atoms with Crippen molar-refractivity contribution in [2.24, 2.45) is 0 Å². The van der Waals surface area contributed by atoms with Crippen LogP contribution in [0.3, 0.4) is 0 Å². The highest BCUT2D eigenvalue weighted by Gasteiger charge is 2.20. The zero-order chi connectivity index (χ0) is 20.1. The molecule has 1 amide bonds. The molecule has 1 N–H and O–H groups in total. The summed E-state index contributed by atoms with van der Waals surface area (Å²) in [6, 6.07) is 24.8. The second-order valence-electron chi connectivity index (χ2n) is 6.73. The summed E-state index contributed by atoms with van der Waals surface area (Å²) in [6.45, 7) is 1.83. The molecule has 5 nitrogen and oxygen atoms in total. The van der Waals surface area contributed by atoms with Crippen molar-refractivity contribution < 1.29 is 9.21 Å². The molecule has 0 saturated heterocycles. The van der Waals surface area contributed by atoms with E-state index in [0.29, 0.717) is 17.3 Å². The fourth-order valence-corrected chi connectivity index (χ4v) is 3.18. The molecule has 144 valence electrons. The molecule has 1 atom stereocenters. The van der Waals surface area contributed by atoms with Gasteiger partial charge in [0.2, 0.25) is 11.8 Å². The number of carbonyl (C=O) groups excluding carboxylic acids is 1. The van der Waals surface area contributed by atoms with Crippen molar-refractivity contribution in [1.29, 1.82) is 0 Å². The molecule has 0 saturated carbocycles. The van der Waals surface area contributed by atoms with Gasteiger partial charge in [-0.2, -0.15) is 0 Å². The van der Waals surface area contributed by atoms with Gasteiger partial charge in [-0.25, -0.2) is 4.98 Å². The van der Waals surface area contributed by atoms with E-state index in [2.05, 4.69) is 15.3 Å². The molecule has 2 aromatic heterocycles. The van der Waals surface area contributed by atoms with E-state index in [4.69, 9.17) is 4.42 Å². The summed E-state index contributed by atoms with van der Waals surface area (Å²) in [7, 11) is 0. The number of aryl methyl sites for hydroxylation is 1. The molecule has 0 bridgehead atoms. The molecule has 2 heterocycles. The van der Waals surface area contributed by atoms with Crippen LogP contribution in [0.1, 0.15) is 28.8 Å². The Hall–Kier alpha value is -3.73. The zero-order valence-electron chi connectivity index (χ0n) is 16.1. The largest absolute Gasteiger partial charge is 0.441 e. The summed E-state index contributed by atoms with van der Waals surface area (Å²) in [4.78, 5) is 21.8. The van der Waals surface area contributed by atoms with Crippen molar-refractivity contribution in [3.63, 3.8) is 0 Å². The SMILES string of the molecule is Cc1oc(-c2ccccc2)nc1CC(=O)NC(c1ccccc1)c1ccccn1. The van der Waals surface area contributed by atoms with E-state index in [-0.39, 0.29) is 18.4 Å². The topological polar surface area (TPSA) is 68.0 Å². The van der Waals surface area contributed by atoms with E-state index < -0.39 is 0 Å². The van der Waals surface area contributed by atoms with Crippen LogP contribution in [0, 0.1) is 6.92 Å². The van der Waals surface area contributed by atoms with Gasteiger partial charge < -0.3 is 9.73 Å². The van der Waals surface area contributed by atoms with Gasteiger partial charge in [0.05, 0.1) is 23.9 Å². The first-order valence-corrected chi connectivity index (χ1v) is 9.47. The molecule has 2 aromatic carbocycles. The summed E-state index contributed by atoms with van der Waals surface area (Å²) in [5.74, 6) is 1.03. The molecule has 0 aliphatic rings. The first-order valence-electron chi connectivity index (χ1n) is 9.47. The van der Waals surface area contributed by atoms with Crippen molar-refractivity contribution in [2.75, 3.05) is 0 Å². The van der Waals surface area contributed by atoms with Crippen molar-refractivity contribution in [2.45, 2.75) is 19.4 Å².